The van der Waals surface area contributed by atoms with Crippen LogP contribution in [0.25, 0.3) is 10.9 Å². The van der Waals surface area contributed by atoms with Crippen LogP contribution in [0.1, 0.15) is 44.9 Å². The molecule has 7 nitrogen and oxygen atoms in total. The van der Waals surface area contributed by atoms with E-state index in [-0.39, 0.29) is 17.8 Å². The van der Waals surface area contributed by atoms with Crippen molar-refractivity contribution in [3.63, 3.8) is 0 Å². The highest BCUT2D eigenvalue weighted by molar-refractivity contribution is 5.94. The Morgan fingerprint density at radius 1 is 1.13 bits per heavy atom. The highest BCUT2D eigenvalue weighted by Gasteiger charge is 2.14. The Morgan fingerprint density at radius 3 is 2.80 bits per heavy atom. The number of nitrogens with one attached hydrogen (secondary N) is 1. The molecule has 152 valence electrons. The van der Waals surface area contributed by atoms with Gasteiger partial charge in [0.1, 0.15) is 5.69 Å². The maximum atomic E-state index is 12.6. The fraction of sp³-hybridized carbons (Fsp3) is 0.261. The number of aromatic amines is 1. The van der Waals surface area contributed by atoms with Gasteiger partial charge in [0.15, 0.2) is 5.78 Å². The number of H-pyrrole nitrogens is 1. The van der Waals surface area contributed by atoms with Gasteiger partial charge in [-0.1, -0.05) is 17.3 Å². The number of carbonyl (C=O) groups excluding carboxylic acids is 1. The Bertz CT molecular complexity index is 1300. The van der Waals surface area contributed by atoms with Crippen molar-refractivity contribution in [1.82, 2.24) is 25.0 Å². The van der Waals surface area contributed by atoms with Crippen LogP contribution in [0.2, 0.25) is 0 Å². The zero-order valence-electron chi connectivity index (χ0n) is 17.3. The van der Waals surface area contributed by atoms with Crippen molar-refractivity contribution in [1.29, 1.82) is 0 Å². The predicted octanol–water partition coefficient (Wildman–Crippen LogP) is 3.30. The molecule has 3 heterocycles. The molecule has 0 fully saturated rings. The zero-order chi connectivity index (χ0) is 21.3. The molecule has 0 atom stereocenters. The van der Waals surface area contributed by atoms with E-state index >= 15 is 0 Å². The number of carbonyl (C=O) groups is 1. The molecule has 0 aliphatic heterocycles. The van der Waals surface area contributed by atoms with E-state index in [1.165, 1.54) is 0 Å². The third-order valence-corrected chi connectivity index (χ3v) is 5.35. The Morgan fingerprint density at radius 2 is 1.97 bits per heavy atom. The largest absolute Gasteiger partial charge is 0.329 e. The predicted molar refractivity (Wildman–Crippen MR) is 115 cm³/mol. The van der Waals surface area contributed by atoms with E-state index in [9.17, 15) is 9.59 Å². The SMILES string of the molecule is Cc1ccc2cc(Cn3cc(C(=O)CCc4c(C)c[nH]c(=O)c4C)nn3)ccc2n1. The van der Waals surface area contributed by atoms with Gasteiger partial charge < -0.3 is 4.98 Å². The van der Waals surface area contributed by atoms with Gasteiger partial charge in [-0.25, -0.2) is 4.68 Å². The summed E-state index contributed by atoms with van der Waals surface area (Å²) in [5.74, 6) is -0.0847. The quantitative estimate of drug-likeness (QED) is 0.500. The first-order valence-corrected chi connectivity index (χ1v) is 9.88. The number of aromatic nitrogens is 5. The molecule has 4 aromatic rings. The van der Waals surface area contributed by atoms with Gasteiger partial charge in [-0.2, -0.15) is 0 Å². The van der Waals surface area contributed by atoms with Crippen molar-refractivity contribution in [3.05, 3.63) is 86.7 Å². The van der Waals surface area contributed by atoms with E-state index in [0.29, 0.717) is 24.2 Å². The van der Waals surface area contributed by atoms with Crippen molar-refractivity contribution < 1.29 is 4.79 Å². The molecule has 0 aliphatic rings. The number of pyridine rings is 2. The molecule has 30 heavy (non-hydrogen) atoms. The number of hydrogen-bond donors (Lipinski definition) is 1. The summed E-state index contributed by atoms with van der Waals surface area (Å²) < 4.78 is 1.67. The summed E-state index contributed by atoms with van der Waals surface area (Å²) in [4.78, 5) is 31.6. The van der Waals surface area contributed by atoms with Gasteiger partial charge in [-0.3, -0.25) is 14.6 Å². The number of rotatable bonds is 6. The molecule has 0 aliphatic carbocycles. The van der Waals surface area contributed by atoms with Gasteiger partial charge in [0.05, 0.1) is 18.3 Å². The lowest BCUT2D eigenvalue weighted by atomic mass is 9.99. The molecular weight excluding hydrogens is 378 g/mol. The van der Waals surface area contributed by atoms with Crippen molar-refractivity contribution in [2.45, 2.75) is 40.2 Å². The maximum Gasteiger partial charge on any atom is 0.251 e. The third kappa shape index (κ3) is 4.05. The van der Waals surface area contributed by atoms with Crippen LogP contribution >= 0.6 is 0 Å². The van der Waals surface area contributed by atoms with E-state index in [2.05, 4.69) is 32.4 Å². The number of aryl methyl sites for hydroxylation is 2. The first-order chi connectivity index (χ1) is 14.4. The summed E-state index contributed by atoms with van der Waals surface area (Å²) in [5.41, 5.74) is 5.78. The molecule has 1 aromatic carbocycles. The van der Waals surface area contributed by atoms with Gasteiger partial charge in [0, 0.05) is 29.3 Å². The molecule has 0 bridgehead atoms. The minimum atomic E-state index is -0.116. The number of fused-ring (bicyclic) bond motifs is 1. The standard InChI is InChI=1S/C23H23N5O2/c1-14-11-24-23(30)16(3)19(14)7-9-22(29)21-13-28(27-26-21)12-17-5-8-20-18(10-17)6-4-15(2)25-20/h4-6,8,10-11,13H,7,9,12H2,1-3H3,(H,24,30). The summed E-state index contributed by atoms with van der Waals surface area (Å²) in [6.07, 6.45) is 4.15. The lowest BCUT2D eigenvalue weighted by molar-refractivity contribution is 0.0978. The van der Waals surface area contributed by atoms with Crippen LogP contribution in [-0.2, 0) is 13.0 Å². The highest BCUT2D eigenvalue weighted by atomic mass is 16.1. The Labute approximate surface area is 173 Å². The lowest BCUT2D eigenvalue weighted by Crippen LogP contribution is -2.14. The Kier molecular flexibility index (Phi) is 5.27. The first-order valence-electron chi connectivity index (χ1n) is 9.88. The van der Waals surface area contributed by atoms with Crippen LogP contribution < -0.4 is 5.56 Å². The molecule has 0 radical (unpaired) electrons. The molecular formula is C23H23N5O2. The fourth-order valence-corrected chi connectivity index (χ4v) is 3.62. The third-order valence-electron chi connectivity index (χ3n) is 5.35. The Hall–Kier alpha value is -3.61. The molecule has 0 spiro atoms. The smallest absolute Gasteiger partial charge is 0.251 e. The van der Waals surface area contributed by atoms with Crippen LogP contribution in [0.15, 0.2) is 47.5 Å². The van der Waals surface area contributed by atoms with E-state index in [1.807, 2.05) is 32.0 Å². The highest BCUT2D eigenvalue weighted by Crippen LogP contribution is 2.16. The van der Waals surface area contributed by atoms with Gasteiger partial charge in [0.2, 0.25) is 0 Å². The molecule has 4 rings (SSSR count). The average molecular weight is 401 g/mol. The van der Waals surface area contributed by atoms with Crippen molar-refractivity contribution in [2.75, 3.05) is 0 Å². The summed E-state index contributed by atoms with van der Waals surface area (Å²) in [6, 6.07) is 10.1. The van der Waals surface area contributed by atoms with E-state index < -0.39 is 0 Å². The minimum absolute atomic E-state index is 0.0847. The molecule has 7 heteroatoms. The number of ketones is 1. The maximum absolute atomic E-state index is 12.6. The van der Waals surface area contributed by atoms with Crippen LogP contribution in [0, 0.1) is 20.8 Å². The number of benzene rings is 1. The molecule has 1 N–H and O–H groups in total. The zero-order valence-corrected chi connectivity index (χ0v) is 17.3. The fourth-order valence-electron chi connectivity index (χ4n) is 3.62. The lowest BCUT2D eigenvalue weighted by Gasteiger charge is -2.07. The molecule has 0 amide bonds. The molecule has 0 saturated carbocycles. The summed E-state index contributed by atoms with van der Waals surface area (Å²) >= 11 is 0. The van der Waals surface area contributed by atoms with Gasteiger partial charge >= 0.3 is 0 Å². The molecule has 0 unspecified atom stereocenters. The molecule has 3 aromatic heterocycles. The second-order valence-corrected chi connectivity index (χ2v) is 7.61. The van der Waals surface area contributed by atoms with Crippen LogP contribution in [0.5, 0.6) is 0 Å². The Balaban J connectivity index is 1.45. The number of hydrogen-bond acceptors (Lipinski definition) is 5. The van der Waals surface area contributed by atoms with Crippen LogP contribution in [-0.4, -0.2) is 30.7 Å². The summed E-state index contributed by atoms with van der Waals surface area (Å²) in [5, 5.41) is 9.22. The van der Waals surface area contributed by atoms with Crippen LogP contribution in [0.4, 0.5) is 0 Å². The van der Waals surface area contributed by atoms with Gasteiger partial charge in [-0.15, -0.1) is 5.10 Å². The van der Waals surface area contributed by atoms with Gasteiger partial charge in [-0.05, 0) is 62.1 Å². The minimum Gasteiger partial charge on any atom is -0.329 e. The number of nitrogens with zero attached hydrogens (tertiary/aromatic N) is 4. The van der Waals surface area contributed by atoms with E-state index in [4.69, 9.17) is 0 Å². The summed E-state index contributed by atoms with van der Waals surface area (Å²) in [6.45, 7) is 6.21. The monoisotopic (exact) mass is 401 g/mol. The van der Waals surface area contributed by atoms with Crippen molar-refractivity contribution in [2.24, 2.45) is 0 Å². The topological polar surface area (TPSA) is 93.5 Å². The first kappa shape index (κ1) is 19.7. The number of Topliss-reactive ketones (excluding diaryl/α,β-unsaturated/α-hetero) is 1. The van der Waals surface area contributed by atoms with Gasteiger partial charge in [0.25, 0.3) is 5.56 Å². The average Bonchev–Trinajstić information content (AvgIpc) is 3.19. The molecule has 0 saturated heterocycles. The van der Waals surface area contributed by atoms with E-state index in [1.54, 1.807) is 24.0 Å². The normalized spacial score (nSPS) is 11.2. The van der Waals surface area contributed by atoms with Crippen molar-refractivity contribution >= 4 is 16.7 Å². The second kappa shape index (κ2) is 8.02. The van der Waals surface area contributed by atoms with Crippen LogP contribution in [0.3, 0.4) is 0 Å². The van der Waals surface area contributed by atoms with Crippen molar-refractivity contribution in [3.8, 4) is 0 Å². The van der Waals surface area contributed by atoms with E-state index in [0.717, 1.165) is 33.3 Å². The second-order valence-electron chi connectivity index (χ2n) is 7.61. The summed E-state index contributed by atoms with van der Waals surface area (Å²) in [7, 11) is 0.